The van der Waals surface area contributed by atoms with Gasteiger partial charge in [0.05, 0.1) is 19.3 Å². The predicted octanol–water partition coefficient (Wildman–Crippen LogP) is 2.42. The summed E-state index contributed by atoms with van der Waals surface area (Å²) in [6.45, 7) is 8.60. The lowest BCUT2D eigenvalue weighted by Gasteiger charge is -2.27. The lowest BCUT2D eigenvalue weighted by molar-refractivity contribution is -0.121. The number of nitrogens with zero attached hydrogens (tertiary/aromatic N) is 2. The number of hydrogen-bond acceptors (Lipinski definition) is 5. The van der Waals surface area contributed by atoms with E-state index in [2.05, 4.69) is 27.4 Å². The molecule has 2 N–H and O–H groups in total. The Morgan fingerprint density at radius 3 is 2.55 bits per heavy atom. The number of ether oxygens (including phenoxy) is 1. The third-order valence-corrected chi connectivity index (χ3v) is 5.35. The highest BCUT2D eigenvalue weighted by Gasteiger charge is 2.18. The summed E-state index contributed by atoms with van der Waals surface area (Å²) >= 11 is 0. The summed E-state index contributed by atoms with van der Waals surface area (Å²) < 4.78 is 5.34. The highest BCUT2D eigenvalue weighted by Crippen LogP contribution is 2.18. The number of hydrogen-bond donors (Lipinski definition) is 2. The molecule has 7 heteroatoms. The lowest BCUT2D eigenvalue weighted by atomic mass is 10.0. The number of benzene rings is 1. The van der Waals surface area contributed by atoms with Crippen LogP contribution in [0.1, 0.15) is 48.2 Å². The van der Waals surface area contributed by atoms with Crippen molar-refractivity contribution in [3.8, 4) is 0 Å². The number of aromatic nitrogens is 2. The molecule has 0 unspecified atom stereocenters. The number of amides is 1. The van der Waals surface area contributed by atoms with Crippen LogP contribution < -0.4 is 15.8 Å². The molecule has 2 aromatic rings. The van der Waals surface area contributed by atoms with Crippen LogP contribution in [-0.4, -0.2) is 42.2 Å². The van der Waals surface area contributed by atoms with Crippen LogP contribution >= 0.6 is 0 Å². The molecule has 1 aliphatic heterocycles. The van der Waals surface area contributed by atoms with E-state index in [1.807, 2.05) is 37.8 Å². The molecule has 1 atom stereocenters. The Labute approximate surface area is 171 Å². The highest BCUT2D eigenvalue weighted by atomic mass is 16.5. The van der Waals surface area contributed by atoms with Gasteiger partial charge in [0.15, 0.2) is 0 Å². The minimum atomic E-state index is -0.169. The maximum Gasteiger partial charge on any atom is 0.255 e. The van der Waals surface area contributed by atoms with Gasteiger partial charge in [0.2, 0.25) is 11.9 Å². The number of anilines is 1. The molecule has 0 radical (unpaired) electrons. The van der Waals surface area contributed by atoms with Gasteiger partial charge in [-0.2, -0.15) is 0 Å². The number of H-pyrrole nitrogens is 1. The minimum absolute atomic E-state index is 0.0238. The standard InChI is InChI=1S/C22H30N4O3/c1-4-19(17-7-5-15(2)6-8-17)24-20(27)10-9-18-16(3)23-22(25-21(18)28)26-11-13-29-14-12-26/h5-8,19H,4,9-14H2,1-3H3,(H,24,27)(H,23,25,28)/t19-/m0/s1. The Hall–Kier alpha value is -2.67. The van der Waals surface area contributed by atoms with Crippen LogP contribution in [0.25, 0.3) is 0 Å². The summed E-state index contributed by atoms with van der Waals surface area (Å²) in [5, 5.41) is 3.08. The molecule has 1 aromatic carbocycles. The van der Waals surface area contributed by atoms with Crippen molar-refractivity contribution in [3.63, 3.8) is 0 Å². The van der Waals surface area contributed by atoms with E-state index in [0.717, 1.165) is 12.0 Å². The van der Waals surface area contributed by atoms with Gasteiger partial charge in [-0.15, -0.1) is 0 Å². The molecule has 1 fully saturated rings. The molecule has 1 amide bonds. The molecule has 29 heavy (non-hydrogen) atoms. The van der Waals surface area contributed by atoms with Crippen LogP contribution in [0.2, 0.25) is 0 Å². The molecule has 2 heterocycles. The number of aryl methyl sites for hydroxylation is 2. The summed E-state index contributed by atoms with van der Waals surface area (Å²) in [5.41, 5.74) is 3.36. The van der Waals surface area contributed by atoms with Gasteiger partial charge in [-0.1, -0.05) is 36.8 Å². The van der Waals surface area contributed by atoms with Crippen LogP contribution in [0.15, 0.2) is 29.1 Å². The summed E-state index contributed by atoms with van der Waals surface area (Å²) in [6, 6.07) is 8.17. The number of nitrogens with one attached hydrogen (secondary N) is 2. The zero-order chi connectivity index (χ0) is 20.8. The van der Waals surface area contributed by atoms with Crippen LogP contribution in [0, 0.1) is 13.8 Å². The normalized spacial score (nSPS) is 15.2. The van der Waals surface area contributed by atoms with Crippen molar-refractivity contribution in [1.29, 1.82) is 0 Å². The predicted molar refractivity (Wildman–Crippen MR) is 113 cm³/mol. The van der Waals surface area contributed by atoms with Crippen LogP contribution in [0.4, 0.5) is 5.95 Å². The van der Waals surface area contributed by atoms with Crippen LogP contribution in [-0.2, 0) is 16.0 Å². The Morgan fingerprint density at radius 1 is 1.24 bits per heavy atom. The molecule has 1 aromatic heterocycles. The first-order chi connectivity index (χ1) is 14.0. The molecule has 0 spiro atoms. The summed E-state index contributed by atoms with van der Waals surface area (Å²) in [6.07, 6.45) is 1.43. The first-order valence-corrected chi connectivity index (χ1v) is 10.3. The van der Waals surface area contributed by atoms with E-state index < -0.39 is 0 Å². The van der Waals surface area contributed by atoms with Gasteiger partial charge in [-0.05, 0) is 32.3 Å². The number of morpholine rings is 1. The summed E-state index contributed by atoms with van der Waals surface area (Å²) in [4.78, 5) is 34.5. The van der Waals surface area contributed by atoms with Crippen molar-refractivity contribution < 1.29 is 9.53 Å². The van der Waals surface area contributed by atoms with E-state index in [4.69, 9.17) is 4.74 Å². The van der Waals surface area contributed by atoms with Gasteiger partial charge in [-0.25, -0.2) is 4.98 Å². The third-order valence-electron chi connectivity index (χ3n) is 5.35. The Morgan fingerprint density at radius 2 is 1.93 bits per heavy atom. The molecule has 156 valence electrons. The van der Waals surface area contributed by atoms with Crippen molar-refractivity contribution in [3.05, 3.63) is 57.0 Å². The first kappa shape index (κ1) is 21.0. The number of carbonyl (C=O) groups is 1. The van der Waals surface area contributed by atoms with Gasteiger partial charge in [0.25, 0.3) is 5.56 Å². The quantitative estimate of drug-likeness (QED) is 0.748. The van der Waals surface area contributed by atoms with Crippen molar-refractivity contribution in [2.24, 2.45) is 0 Å². The Kier molecular flexibility index (Phi) is 7.04. The fraction of sp³-hybridized carbons (Fsp3) is 0.500. The zero-order valence-corrected chi connectivity index (χ0v) is 17.5. The van der Waals surface area contributed by atoms with Crippen LogP contribution in [0.3, 0.4) is 0 Å². The largest absolute Gasteiger partial charge is 0.378 e. The number of rotatable bonds is 7. The van der Waals surface area contributed by atoms with E-state index in [1.165, 1.54) is 5.56 Å². The van der Waals surface area contributed by atoms with Crippen molar-refractivity contribution >= 4 is 11.9 Å². The van der Waals surface area contributed by atoms with E-state index in [0.29, 0.717) is 49.9 Å². The van der Waals surface area contributed by atoms with Gasteiger partial charge < -0.3 is 15.0 Å². The second kappa shape index (κ2) is 9.69. The summed E-state index contributed by atoms with van der Waals surface area (Å²) in [7, 11) is 0. The van der Waals surface area contributed by atoms with Gasteiger partial charge in [0.1, 0.15) is 0 Å². The maximum atomic E-state index is 12.6. The van der Waals surface area contributed by atoms with E-state index in [9.17, 15) is 9.59 Å². The highest BCUT2D eigenvalue weighted by molar-refractivity contribution is 5.76. The average Bonchev–Trinajstić information content (AvgIpc) is 2.72. The SMILES string of the molecule is CC[C@H](NC(=O)CCc1c(C)nc(N2CCOCC2)[nH]c1=O)c1ccc(C)cc1. The molecule has 0 saturated carbocycles. The molecular weight excluding hydrogens is 368 g/mol. The first-order valence-electron chi connectivity index (χ1n) is 10.3. The molecule has 1 saturated heterocycles. The molecule has 1 aliphatic rings. The van der Waals surface area contributed by atoms with Crippen molar-refractivity contribution in [2.75, 3.05) is 31.2 Å². The summed E-state index contributed by atoms with van der Waals surface area (Å²) in [5.74, 6) is 0.517. The zero-order valence-electron chi connectivity index (χ0n) is 17.5. The minimum Gasteiger partial charge on any atom is -0.378 e. The van der Waals surface area contributed by atoms with Gasteiger partial charge >= 0.3 is 0 Å². The number of carbonyl (C=O) groups excluding carboxylic acids is 1. The molecule has 0 aliphatic carbocycles. The lowest BCUT2D eigenvalue weighted by Crippen LogP contribution is -2.38. The molecule has 7 nitrogen and oxygen atoms in total. The molecular formula is C22H30N4O3. The fourth-order valence-corrected chi connectivity index (χ4v) is 3.54. The second-order valence-electron chi connectivity index (χ2n) is 7.49. The Bertz CT molecular complexity index is 886. The average molecular weight is 399 g/mol. The van der Waals surface area contributed by atoms with Crippen molar-refractivity contribution in [2.45, 2.75) is 46.1 Å². The monoisotopic (exact) mass is 398 g/mol. The molecule has 3 rings (SSSR count). The van der Waals surface area contributed by atoms with Gasteiger partial charge in [-0.3, -0.25) is 14.6 Å². The topological polar surface area (TPSA) is 87.3 Å². The third kappa shape index (κ3) is 5.44. The van der Waals surface area contributed by atoms with Crippen LogP contribution in [0.5, 0.6) is 0 Å². The van der Waals surface area contributed by atoms with Gasteiger partial charge in [0, 0.05) is 30.8 Å². The van der Waals surface area contributed by atoms with E-state index >= 15 is 0 Å². The second-order valence-corrected chi connectivity index (χ2v) is 7.49. The Balaban J connectivity index is 1.62. The van der Waals surface area contributed by atoms with Crippen molar-refractivity contribution in [1.82, 2.24) is 15.3 Å². The number of aromatic amines is 1. The van der Waals surface area contributed by atoms with E-state index in [1.54, 1.807) is 0 Å². The maximum absolute atomic E-state index is 12.6. The smallest absolute Gasteiger partial charge is 0.255 e. The molecule has 0 bridgehead atoms. The van der Waals surface area contributed by atoms with E-state index in [-0.39, 0.29) is 23.9 Å². The fourth-order valence-electron chi connectivity index (χ4n) is 3.54.